The Morgan fingerprint density at radius 3 is 2.00 bits per heavy atom. The monoisotopic (exact) mass is 1870 g/mol. The van der Waals surface area contributed by atoms with Gasteiger partial charge in [-0.1, -0.05) is 87.6 Å². The number of nitrogens with one attached hydrogen (secondary N) is 6. The first-order chi connectivity index (χ1) is 62.3. The summed E-state index contributed by atoms with van der Waals surface area (Å²) in [6.07, 6.45) is -29.2. The van der Waals surface area contributed by atoms with Crippen LogP contribution in [0.2, 0.25) is 10.0 Å². The van der Waals surface area contributed by atoms with Crippen molar-refractivity contribution >= 4 is 76.6 Å². The zero-order valence-electron chi connectivity index (χ0n) is 72.6. The highest BCUT2D eigenvalue weighted by Crippen LogP contribution is 2.52. The Morgan fingerprint density at radius 1 is 0.718 bits per heavy atom. The van der Waals surface area contributed by atoms with Crippen LogP contribution in [0.1, 0.15) is 182 Å². The molecule has 6 aromatic rings. The number of Topliss-reactive ketones (excluding diaryl/α,β-unsaturated/α-hetero) is 3. The molecule has 7 heterocycles. The van der Waals surface area contributed by atoms with Crippen LogP contribution in [-0.4, -0.2) is 242 Å². The Morgan fingerprint density at radius 2 is 1.38 bits per heavy atom. The minimum Gasteiger partial charge on any atom is -0.507 e. The van der Waals surface area contributed by atoms with Gasteiger partial charge in [0, 0.05) is 73.3 Å². The molecule has 2 fully saturated rings. The summed E-state index contributed by atoms with van der Waals surface area (Å²) >= 11 is 14.5. The molecule has 0 aromatic heterocycles. The third kappa shape index (κ3) is 24.0. The lowest BCUT2D eigenvalue weighted by atomic mass is 9.84. The van der Waals surface area contributed by atoms with Crippen LogP contribution in [0.25, 0.3) is 11.1 Å². The van der Waals surface area contributed by atoms with Gasteiger partial charge in [0.1, 0.15) is 108 Å². The number of hydrogen-bond acceptors (Lipinski definition) is 33. The smallest absolute Gasteiger partial charge is 0.295 e. The van der Waals surface area contributed by atoms with E-state index in [0.717, 1.165) is 66.9 Å². The molecule has 2 saturated heterocycles. The van der Waals surface area contributed by atoms with Crippen LogP contribution in [0, 0.1) is 17.8 Å². The van der Waals surface area contributed by atoms with E-state index in [-0.39, 0.29) is 90.6 Å². The van der Waals surface area contributed by atoms with Crippen molar-refractivity contribution in [2.24, 2.45) is 23.5 Å². The third-order valence-electron chi connectivity index (χ3n) is 24.1. The van der Waals surface area contributed by atoms with Gasteiger partial charge < -0.3 is 147 Å². The van der Waals surface area contributed by atoms with E-state index in [1.165, 1.54) is 24.3 Å². The topological polar surface area (TPSA) is 609 Å². The number of primary amides is 1. The zero-order valence-corrected chi connectivity index (χ0v) is 74.1. The summed E-state index contributed by atoms with van der Waals surface area (Å²) < 4.78 is 51.1. The van der Waals surface area contributed by atoms with E-state index in [9.17, 15) is 90.7 Å². The number of ether oxygens (including phenoxy) is 8. The quantitative estimate of drug-likeness (QED) is 0.0205. The van der Waals surface area contributed by atoms with Gasteiger partial charge in [-0.2, -0.15) is 0 Å². The molecule has 22 N–H and O–H groups in total. The number of benzene rings is 6. The van der Waals surface area contributed by atoms with Gasteiger partial charge in [0.25, 0.3) is 6.47 Å². The van der Waals surface area contributed by atoms with E-state index in [0.29, 0.717) is 18.8 Å². The largest absolute Gasteiger partial charge is 0.507 e. The predicted molar refractivity (Wildman–Crippen MR) is 464 cm³/mol. The number of phenols is 3. The van der Waals surface area contributed by atoms with Gasteiger partial charge in [-0.05, 0) is 153 Å². The van der Waals surface area contributed by atoms with Crippen molar-refractivity contribution in [3.63, 3.8) is 0 Å². The molecule has 0 aliphatic carbocycles. The van der Waals surface area contributed by atoms with Crippen LogP contribution in [0.4, 0.5) is 0 Å². The molecule has 3 unspecified atom stereocenters. The Hall–Kier alpha value is -10.3. The highest BCUT2D eigenvalue weighted by molar-refractivity contribution is 6.32. The summed E-state index contributed by atoms with van der Waals surface area (Å²) in [5.41, 5.74) is 2.58. The number of aromatic hydroxyl groups is 3. The van der Waals surface area contributed by atoms with Crippen molar-refractivity contribution in [3.8, 4) is 62.9 Å². The highest BCUT2D eigenvalue weighted by atomic mass is 35.5. The minimum absolute atomic E-state index is 0.00948. The lowest BCUT2D eigenvalue weighted by molar-refractivity contribution is -0.334. The number of ketones is 3. The fourth-order valence-corrected chi connectivity index (χ4v) is 17.0. The average Bonchev–Trinajstić information content (AvgIpc) is 0.758. The van der Waals surface area contributed by atoms with Crippen LogP contribution < -0.4 is 56.6 Å². The second-order valence-corrected chi connectivity index (χ2v) is 34.9. The van der Waals surface area contributed by atoms with Gasteiger partial charge >= 0.3 is 0 Å². The highest BCUT2D eigenvalue weighted by Gasteiger charge is 2.53. The first-order valence-corrected chi connectivity index (χ1v) is 43.9. The maximum absolute atomic E-state index is 16.6. The van der Waals surface area contributed by atoms with Gasteiger partial charge in [0.05, 0.1) is 59.5 Å². The number of unbranched alkanes of at least 4 members (excludes halogenated alkanes) is 2. The number of amides is 5. The lowest BCUT2D eigenvalue weighted by Crippen LogP contribution is -2.65. The van der Waals surface area contributed by atoms with Gasteiger partial charge in [0.2, 0.25) is 47.8 Å². The molecule has 40 heteroatoms. The summed E-state index contributed by atoms with van der Waals surface area (Å²) in [6, 6.07) is 14.3. The number of phenolic OH excluding ortho intramolecular Hbond substituents is 3. The second kappa shape index (κ2) is 44.9. The maximum Gasteiger partial charge on any atom is 0.295 e. The van der Waals surface area contributed by atoms with E-state index in [2.05, 4.69) is 31.9 Å². The number of hydrogen-bond donors (Lipinski definition) is 21. The van der Waals surface area contributed by atoms with E-state index >= 15 is 24.0 Å². The molecule has 7 aliphatic rings. The fourth-order valence-electron chi connectivity index (χ4n) is 16.5. The molecule has 712 valence electrons. The Bertz CT molecular complexity index is 5090. The Labute approximate surface area is 762 Å². The zero-order chi connectivity index (χ0) is 95.3. The number of nitrogens with two attached hydrogens (primary N) is 1. The Kier molecular flexibility index (Phi) is 34.7. The van der Waals surface area contributed by atoms with Crippen molar-refractivity contribution in [1.29, 1.82) is 0 Å². The van der Waals surface area contributed by atoms with Gasteiger partial charge in [-0.3, -0.25) is 43.2 Å². The van der Waals surface area contributed by atoms with Crippen LogP contribution in [0.5, 0.6) is 51.7 Å². The number of aliphatic hydroxyl groups excluding tert-OH is 11. The molecule has 0 spiro atoms. The normalized spacial score (nSPS) is 26.5. The summed E-state index contributed by atoms with van der Waals surface area (Å²) in [5, 5.41) is 174. The van der Waals surface area contributed by atoms with Crippen molar-refractivity contribution in [2.45, 2.75) is 247 Å². The molecule has 0 radical (unpaired) electrons. The fraction of sp³-hybridized carbons (Fsp3) is 0.505. The van der Waals surface area contributed by atoms with E-state index in [4.69, 9.17) is 66.8 Å². The number of halogens is 2. The molecule has 13 rings (SSSR count). The number of carbonyl (C=O) groups excluding carboxylic acids is 9. The minimum atomic E-state index is -2.27. The number of rotatable bonds is 33. The molecule has 38 nitrogen and oxygen atoms in total. The second-order valence-electron chi connectivity index (χ2n) is 34.1. The van der Waals surface area contributed by atoms with Crippen molar-refractivity contribution < 1.29 is 153 Å². The standard InChI is InChI=1S/C91H113Cl2N7O31/c1-7-9-24-124-50-18-13-43(14-19-50)36-96-91(6)35-69(126-42(5)84(91)119)130-83-81(118)79(116)67(39-102)129-90(83)131-82-65-30-48-31-66(82)128-64-22-17-47(28-56(64)93)75(112)73-88(123)100-89(125-40-103)53-34-59(106)54(37-95-23-11-10-12-58(105)77(114)80(117)78(115)62(109)38-101)76(113)70(53)52-26-45(15-20-57(52)104)51(87(122)99-73)33-61(108)71(48)97-86(121)49(32-68(94)110)29-60(107)72(98-85(120)44(8-2)25-41(3)4)74(111)46-16-21-63(127-65)55(92)27-46/h13-22,26-28,30-31,34,40-42,44,49,51,62,67,69,71-75,77-81,83-84,89-90,95-96,101-102,104,106,109,111-119H,7-12,23-25,29,32-33,35-39H2,1-6H3,(H2,94,110)(H,97,121)(H,98,120)(H,99,122)(H,100,123)/t42-,44+,49-,51-,62+,67+,69-,71+,72-,73-,74+,75+,77-,78+,79?,80+,81?,83+,84+,89+,90-,91?/m0/s1. The van der Waals surface area contributed by atoms with E-state index in [1.54, 1.807) is 20.8 Å². The van der Waals surface area contributed by atoms with Crippen molar-refractivity contribution in [3.05, 3.63) is 146 Å². The lowest BCUT2D eigenvalue weighted by Gasteiger charge is -2.48. The molecule has 22 atom stereocenters. The summed E-state index contributed by atoms with van der Waals surface area (Å²) in [7, 11) is 0. The predicted octanol–water partition coefficient (Wildman–Crippen LogP) is 3.84. The molecular formula is C91H113Cl2N7O31. The number of carbonyl (C=O) groups is 9. The van der Waals surface area contributed by atoms with E-state index in [1.807, 2.05) is 45.0 Å². The van der Waals surface area contributed by atoms with E-state index < -0.39 is 287 Å². The van der Waals surface area contributed by atoms with Crippen molar-refractivity contribution in [2.75, 3.05) is 26.4 Å². The van der Waals surface area contributed by atoms with Gasteiger partial charge in [-0.15, -0.1) is 0 Å². The molecule has 131 heavy (non-hydrogen) atoms. The van der Waals surface area contributed by atoms with Gasteiger partial charge in [-0.25, -0.2) is 0 Å². The Balaban J connectivity index is 1.08. The van der Waals surface area contributed by atoms with Crippen LogP contribution in [0.15, 0.2) is 97.1 Å². The molecule has 11 bridgehead atoms. The number of aliphatic hydroxyl groups is 11. The van der Waals surface area contributed by atoms with Gasteiger partial charge in [0.15, 0.2) is 41.2 Å². The molecule has 7 aliphatic heterocycles. The summed E-state index contributed by atoms with van der Waals surface area (Å²) in [6.45, 7) is 8.93. The SMILES string of the molecule is CCCCOc1ccc(CNC2(C)C[C@H](O[C@@H]3C(O)C(O)[C@@H](CO)O[C@H]3Oc3c4cc5cc3Oc3ccc(cc3Cl)[C@@H](O)[C@@H](NC(=O)[C@H](CC)CC(C)C)C(=O)C[C@@H](CC(N)=O)C(=O)N[C@H]5C(=O)C[C@@H]3C(=O)N[C@H](C(=O)N[C@H](OC=O)c5cc(O)c(CNCCCCC(=O)[C@H](O)[C@@H](O)[C@H](O)[C@H](O)CO)c(O)c5-c5cc3ccc5O)[C@H](O)c3ccc(c(Cl)c3)O4)O[C@@H](C)[C@H]2O)cc1. The van der Waals surface area contributed by atoms with Crippen LogP contribution in [-0.2, 0) is 75.2 Å². The molecule has 5 amide bonds. The first kappa shape index (κ1) is 101. The summed E-state index contributed by atoms with van der Waals surface area (Å²) in [5.74, 6) is -18.0. The third-order valence-corrected chi connectivity index (χ3v) is 24.6. The van der Waals surface area contributed by atoms with Crippen LogP contribution >= 0.6 is 23.2 Å². The molecule has 0 saturated carbocycles. The molecular weight excluding hydrogens is 1760 g/mol. The van der Waals surface area contributed by atoms with Crippen molar-refractivity contribution in [1.82, 2.24) is 31.9 Å². The van der Waals surface area contributed by atoms with Crippen LogP contribution in [0.3, 0.4) is 0 Å². The molecule has 6 aromatic carbocycles. The summed E-state index contributed by atoms with van der Waals surface area (Å²) in [4.78, 5) is 132. The first-order valence-electron chi connectivity index (χ1n) is 43.2. The average molecular weight is 1870 g/mol. The maximum atomic E-state index is 16.6. The number of fused-ring (bicyclic) bond motifs is 15.